The molecule has 0 amide bonds. The van der Waals surface area contributed by atoms with Crippen molar-refractivity contribution in [1.29, 1.82) is 0 Å². The van der Waals surface area contributed by atoms with E-state index < -0.39 is 6.67 Å². The molecule has 0 atom stereocenters. The molecule has 0 radical (unpaired) electrons. The number of hydrogen-bond donors (Lipinski definition) is 0. The van der Waals surface area contributed by atoms with Gasteiger partial charge in [0.1, 0.15) is 12.4 Å². The molecular weight excluding hydrogens is 353 g/mol. The molecule has 0 saturated heterocycles. The van der Waals surface area contributed by atoms with Crippen LogP contribution in [0.4, 0.5) is 4.39 Å². The van der Waals surface area contributed by atoms with Gasteiger partial charge in [-0.3, -0.25) is 0 Å². The average Bonchev–Trinajstić information content (AvgIpc) is 3.35. The smallest absolute Gasteiger partial charge is 0.258 e. The first-order valence-corrected chi connectivity index (χ1v) is 8.23. The lowest BCUT2D eigenvalue weighted by Crippen LogP contribution is -2.04. The predicted octanol–water partition coefficient (Wildman–Crippen LogP) is 2.94. The number of hydrogen-bond acceptors (Lipinski definition) is 7. The molecule has 0 saturated carbocycles. The van der Waals surface area contributed by atoms with Crippen LogP contribution in [-0.2, 0) is 11.4 Å². The zero-order valence-corrected chi connectivity index (χ0v) is 14.5. The van der Waals surface area contributed by atoms with E-state index in [2.05, 4.69) is 20.2 Å². The van der Waals surface area contributed by atoms with Crippen LogP contribution in [0.3, 0.4) is 0 Å². The molecule has 138 valence electrons. The minimum absolute atomic E-state index is 0.0748. The van der Waals surface area contributed by atoms with E-state index in [-0.39, 0.29) is 11.7 Å². The van der Waals surface area contributed by atoms with Gasteiger partial charge in [0.25, 0.3) is 5.89 Å². The molecule has 1 aromatic carbocycles. The van der Waals surface area contributed by atoms with E-state index in [0.29, 0.717) is 30.2 Å². The van der Waals surface area contributed by atoms with Gasteiger partial charge in [-0.05, 0) is 30.3 Å². The number of benzene rings is 1. The monoisotopic (exact) mass is 369 g/mol. The standard InChI is InChI=1S/C18H16FN5O3/c1-25-5-6-26-14-8-12(15-11-24-16(21-15)3-2-4-20-24)7-13(9-14)18-22-17(10-19)27-23-18/h2-4,7-9,11H,5-6,10H2,1H3. The van der Waals surface area contributed by atoms with Crippen LogP contribution in [0.1, 0.15) is 5.89 Å². The van der Waals surface area contributed by atoms with Crippen LogP contribution >= 0.6 is 0 Å². The van der Waals surface area contributed by atoms with Crippen molar-refractivity contribution in [3.63, 3.8) is 0 Å². The molecule has 0 N–H and O–H groups in total. The average molecular weight is 369 g/mol. The Kier molecular flexibility index (Phi) is 4.75. The lowest BCUT2D eigenvalue weighted by atomic mass is 10.1. The largest absolute Gasteiger partial charge is 0.491 e. The fourth-order valence-corrected chi connectivity index (χ4v) is 2.60. The molecule has 4 rings (SSSR count). The maximum atomic E-state index is 12.7. The topological polar surface area (TPSA) is 87.6 Å². The lowest BCUT2D eigenvalue weighted by molar-refractivity contribution is 0.146. The van der Waals surface area contributed by atoms with Crippen molar-refractivity contribution in [2.75, 3.05) is 20.3 Å². The highest BCUT2D eigenvalue weighted by atomic mass is 19.1. The summed E-state index contributed by atoms with van der Waals surface area (Å²) >= 11 is 0. The molecule has 0 aliphatic carbocycles. The number of nitrogens with zero attached hydrogens (tertiary/aromatic N) is 5. The second-order valence-corrected chi connectivity index (χ2v) is 5.69. The first kappa shape index (κ1) is 17.1. The fraction of sp³-hybridized carbons (Fsp3) is 0.222. The Morgan fingerprint density at radius 1 is 1.15 bits per heavy atom. The minimum atomic E-state index is -0.817. The molecule has 0 spiro atoms. The summed E-state index contributed by atoms with van der Waals surface area (Å²) in [6.07, 6.45) is 3.50. The maximum absolute atomic E-state index is 12.7. The van der Waals surface area contributed by atoms with Gasteiger partial charge in [-0.15, -0.1) is 0 Å². The van der Waals surface area contributed by atoms with Gasteiger partial charge >= 0.3 is 0 Å². The first-order valence-electron chi connectivity index (χ1n) is 8.23. The van der Waals surface area contributed by atoms with Gasteiger partial charge in [0.15, 0.2) is 12.3 Å². The SMILES string of the molecule is COCCOc1cc(-c2cn3ncccc3n2)cc(-c2noc(CF)n2)c1. The molecule has 4 aromatic rings. The molecular formula is C18H16FN5O3. The number of alkyl halides is 1. The molecule has 0 aliphatic heterocycles. The van der Waals surface area contributed by atoms with Crippen molar-refractivity contribution in [3.05, 3.63) is 48.6 Å². The quantitative estimate of drug-likeness (QED) is 0.463. The van der Waals surface area contributed by atoms with E-state index >= 15 is 0 Å². The number of aromatic nitrogens is 5. The van der Waals surface area contributed by atoms with Crippen molar-refractivity contribution in [3.8, 4) is 28.4 Å². The molecule has 3 heterocycles. The molecule has 27 heavy (non-hydrogen) atoms. The summed E-state index contributed by atoms with van der Waals surface area (Å²) in [6, 6.07) is 9.15. The molecule has 3 aromatic heterocycles. The Balaban J connectivity index is 1.76. The van der Waals surface area contributed by atoms with Crippen molar-refractivity contribution >= 4 is 5.65 Å². The van der Waals surface area contributed by atoms with E-state index in [4.69, 9.17) is 14.0 Å². The Hall–Kier alpha value is -3.33. The minimum Gasteiger partial charge on any atom is -0.491 e. The number of fused-ring (bicyclic) bond motifs is 1. The van der Waals surface area contributed by atoms with Crippen molar-refractivity contribution in [2.45, 2.75) is 6.67 Å². The molecule has 0 bridgehead atoms. The van der Waals surface area contributed by atoms with Crippen molar-refractivity contribution in [2.24, 2.45) is 0 Å². The molecule has 8 nitrogen and oxygen atoms in total. The highest BCUT2D eigenvalue weighted by molar-refractivity contribution is 5.71. The van der Waals surface area contributed by atoms with Crippen LogP contribution in [0.5, 0.6) is 5.75 Å². The summed E-state index contributed by atoms with van der Waals surface area (Å²) in [5.74, 6) is 0.799. The van der Waals surface area contributed by atoms with Gasteiger partial charge < -0.3 is 14.0 Å². The van der Waals surface area contributed by atoms with E-state index in [1.165, 1.54) is 0 Å². The van der Waals surface area contributed by atoms with Gasteiger partial charge in [-0.1, -0.05) is 5.16 Å². The predicted molar refractivity (Wildman–Crippen MR) is 93.9 cm³/mol. The maximum Gasteiger partial charge on any atom is 0.258 e. The van der Waals surface area contributed by atoms with Gasteiger partial charge in [0.05, 0.1) is 18.5 Å². The Labute approximate surface area is 153 Å². The highest BCUT2D eigenvalue weighted by Gasteiger charge is 2.14. The Morgan fingerprint density at radius 3 is 2.81 bits per heavy atom. The summed E-state index contributed by atoms with van der Waals surface area (Å²) in [4.78, 5) is 8.62. The second-order valence-electron chi connectivity index (χ2n) is 5.69. The summed E-state index contributed by atoms with van der Waals surface area (Å²) in [7, 11) is 1.60. The lowest BCUT2D eigenvalue weighted by Gasteiger charge is -2.09. The van der Waals surface area contributed by atoms with E-state index in [0.717, 1.165) is 11.2 Å². The van der Waals surface area contributed by atoms with Crippen LogP contribution in [0.15, 0.2) is 47.2 Å². The van der Waals surface area contributed by atoms with Gasteiger partial charge in [-0.25, -0.2) is 13.9 Å². The van der Waals surface area contributed by atoms with E-state index in [9.17, 15) is 4.39 Å². The van der Waals surface area contributed by atoms with Crippen LogP contribution in [0, 0.1) is 0 Å². The van der Waals surface area contributed by atoms with Crippen LogP contribution in [-0.4, -0.2) is 45.1 Å². The third-order valence-electron chi connectivity index (χ3n) is 3.84. The summed E-state index contributed by atoms with van der Waals surface area (Å²) in [5.41, 5.74) is 2.85. The van der Waals surface area contributed by atoms with Gasteiger partial charge in [0, 0.05) is 24.4 Å². The number of imidazole rings is 1. The number of rotatable bonds is 7. The molecule has 0 fully saturated rings. The number of ether oxygens (including phenoxy) is 2. The van der Waals surface area contributed by atoms with E-state index in [1.807, 2.05) is 30.5 Å². The van der Waals surface area contributed by atoms with Crippen LogP contribution in [0.25, 0.3) is 28.3 Å². The van der Waals surface area contributed by atoms with Crippen LogP contribution < -0.4 is 4.74 Å². The summed E-state index contributed by atoms with van der Waals surface area (Å²) < 4.78 is 30.1. The summed E-state index contributed by atoms with van der Waals surface area (Å²) in [6.45, 7) is 0.0160. The van der Waals surface area contributed by atoms with Crippen molar-refractivity contribution < 1.29 is 18.4 Å². The third-order valence-corrected chi connectivity index (χ3v) is 3.84. The number of methoxy groups -OCH3 is 1. The Morgan fingerprint density at radius 2 is 2.04 bits per heavy atom. The molecule has 0 aliphatic rings. The fourth-order valence-electron chi connectivity index (χ4n) is 2.60. The van der Waals surface area contributed by atoms with Crippen molar-refractivity contribution in [1.82, 2.24) is 24.7 Å². The zero-order valence-electron chi connectivity index (χ0n) is 14.5. The third kappa shape index (κ3) is 3.63. The van der Waals surface area contributed by atoms with E-state index in [1.54, 1.807) is 23.9 Å². The Bertz CT molecular complexity index is 1030. The number of halogens is 1. The first-order chi connectivity index (χ1) is 13.3. The zero-order chi connectivity index (χ0) is 18.6. The molecule has 0 unspecified atom stereocenters. The highest BCUT2D eigenvalue weighted by Crippen LogP contribution is 2.30. The second kappa shape index (κ2) is 7.50. The van der Waals surface area contributed by atoms with Crippen LogP contribution in [0.2, 0.25) is 0 Å². The van der Waals surface area contributed by atoms with Gasteiger partial charge in [-0.2, -0.15) is 10.1 Å². The normalized spacial score (nSPS) is 11.2. The summed E-state index contributed by atoms with van der Waals surface area (Å²) in [5, 5.41) is 8.06. The van der Waals surface area contributed by atoms with Gasteiger partial charge in [0.2, 0.25) is 5.82 Å². The molecule has 9 heteroatoms.